The van der Waals surface area contributed by atoms with Crippen LogP contribution >= 0.6 is 11.3 Å². The Balaban J connectivity index is 2.04. The molecule has 3 heteroatoms. The van der Waals surface area contributed by atoms with Crippen LogP contribution < -0.4 is 5.32 Å². The monoisotopic (exact) mass is 246 g/mol. The van der Waals surface area contributed by atoms with Gasteiger partial charge in [-0.3, -0.25) is 4.98 Å². The Morgan fingerprint density at radius 3 is 2.94 bits per heavy atom. The summed E-state index contributed by atoms with van der Waals surface area (Å²) in [6, 6.07) is 6.79. The molecule has 0 fully saturated rings. The van der Waals surface area contributed by atoms with Crippen LogP contribution in [0.15, 0.2) is 36.0 Å². The van der Waals surface area contributed by atoms with Crippen molar-refractivity contribution in [1.29, 1.82) is 0 Å². The highest BCUT2D eigenvalue weighted by Gasteiger charge is 2.11. The first-order chi connectivity index (χ1) is 8.31. The van der Waals surface area contributed by atoms with Crippen LogP contribution in [0.3, 0.4) is 0 Å². The molecule has 17 heavy (non-hydrogen) atoms. The lowest BCUT2D eigenvalue weighted by atomic mass is 9.99. The molecule has 0 bridgehead atoms. The van der Waals surface area contributed by atoms with Crippen molar-refractivity contribution in [2.45, 2.75) is 25.8 Å². The van der Waals surface area contributed by atoms with E-state index in [0.29, 0.717) is 6.04 Å². The van der Waals surface area contributed by atoms with E-state index in [1.807, 2.05) is 30.8 Å². The van der Waals surface area contributed by atoms with E-state index in [-0.39, 0.29) is 0 Å². The number of pyridine rings is 1. The van der Waals surface area contributed by atoms with Gasteiger partial charge >= 0.3 is 0 Å². The van der Waals surface area contributed by atoms with Crippen molar-refractivity contribution < 1.29 is 0 Å². The minimum atomic E-state index is 0.394. The molecular weight excluding hydrogens is 228 g/mol. The van der Waals surface area contributed by atoms with Gasteiger partial charge in [0.05, 0.1) is 0 Å². The number of rotatable bonds is 5. The molecule has 0 amide bonds. The molecule has 0 saturated carbocycles. The summed E-state index contributed by atoms with van der Waals surface area (Å²) in [5.41, 5.74) is 2.62. The summed E-state index contributed by atoms with van der Waals surface area (Å²) in [5.74, 6) is 0. The van der Waals surface area contributed by atoms with Crippen molar-refractivity contribution >= 4 is 11.3 Å². The first-order valence-electron chi connectivity index (χ1n) is 5.91. The smallest absolute Gasteiger partial charge is 0.0338 e. The van der Waals surface area contributed by atoms with E-state index in [2.05, 4.69) is 40.8 Å². The largest absolute Gasteiger partial charge is 0.313 e. The molecule has 0 aliphatic carbocycles. The second-order valence-electron chi connectivity index (χ2n) is 4.19. The fourth-order valence-corrected chi connectivity index (χ4v) is 2.76. The van der Waals surface area contributed by atoms with Gasteiger partial charge in [-0.25, -0.2) is 0 Å². The van der Waals surface area contributed by atoms with Crippen molar-refractivity contribution in [2.75, 3.05) is 7.05 Å². The maximum Gasteiger partial charge on any atom is 0.0338 e. The van der Waals surface area contributed by atoms with Crippen molar-refractivity contribution in [2.24, 2.45) is 0 Å². The first-order valence-corrected chi connectivity index (χ1v) is 6.79. The molecule has 90 valence electrons. The van der Waals surface area contributed by atoms with Gasteiger partial charge in [0, 0.05) is 23.3 Å². The number of hydrogen-bond acceptors (Lipinski definition) is 3. The minimum absolute atomic E-state index is 0.394. The highest BCUT2D eigenvalue weighted by molar-refractivity contribution is 7.09. The van der Waals surface area contributed by atoms with Gasteiger partial charge in [0.2, 0.25) is 0 Å². The SMILES string of the molecule is CNC(CCc1cccs1)c1cnccc1C. The van der Waals surface area contributed by atoms with Gasteiger partial charge in [-0.2, -0.15) is 0 Å². The summed E-state index contributed by atoms with van der Waals surface area (Å²) in [6.07, 6.45) is 6.07. The Labute approximate surface area is 107 Å². The van der Waals surface area contributed by atoms with Crippen LogP contribution in [0.25, 0.3) is 0 Å². The average molecular weight is 246 g/mol. The Kier molecular flexibility index (Phi) is 4.29. The van der Waals surface area contributed by atoms with Crippen LogP contribution in [0.1, 0.15) is 28.5 Å². The third-order valence-electron chi connectivity index (χ3n) is 3.06. The molecule has 2 nitrogen and oxygen atoms in total. The van der Waals surface area contributed by atoms with Crippen LogP contribution in [0.5, 0.6) is 0 Å². The standard InChI is InChI=1S/C14H18N2S/c1-11-7-8-16-10-13(11)14(15-2)6-5-12-4-3-9-17-12/h3-4,7-10,14-15H,5-6H2,1-2H3. The maximum atomic E-state index is 4.22. The fraction of sp³-hybridized carbons (Fsp3) is 0.357. The summed E-state index contributed by atoms with van der Waals surface area (Å²) in [7, 11) is 2.02. The summed E-state index contributed by atoms with van der Waals surface area (Å²) in [5, 5.41) is 5.52. The summed E-state index contributed by atoms with van der Waals surface area (Å²) in [4.78, 5) is 5.67. The van der Waals surface area contributed by atoms with Gasteiger partial charge in [0.15, 0.2) is 0 Å². The number of aromatic nitrogens is 1. The van der Waals surface area contributed by atoms with Crippen molar-refractivity contribution in [1.82, 2.24) is 10.3 Å². The molecule has 0 aromatic carbocycles. The highest BCUT2D eigenvalue weighted by atomic mass is 32.1. The lowest BCUT2D eigenvalue weighted by Gasteiger charge is -2.17. The lowest BCUT2D eigenvalue weighted by Crippen LogP contribution is -2.18. The van der Waals surface area contributed by atoms with Crippen molar-refractivity contribution in [3.63, 3.8) is 0 Å². The number of hydrogen-bond donors (Lipinski definition) is 1. The minimum Gasteiger partial charge on any atom is -0.313 e. The number of nitrogens with one attached hydrogen (secondary N) is 1. The second-order valence-corrected chi connectivity index (χ2v) is 5.22. The molecule has 0 aliphatic heterocycles. The molecule has 1 N–H and O–H groups in total. The van der Waals surface area contributed by atoms with E-state index in [4.69, 9.17) is 0 Å². The second kappa shape index (κ2) is 5.94. The molecule has 0 radical (unpaired) electrons. The normalized spacial score (nSPS) is 12.6. The van der Waals surface area contributed by atoms with E-state index >= 15 is 0 Å². The van der Waals surface area contributed by atoms with E-state index < -0.39 is 0 Å². The van der Waals surface area contributed by atoms with Crippen molar-refractivity contribution in [3.8, 4) is 0 Å². The van der Waals surface area contributed by atoms with E-state index in [0.717, 1.165) is 12.8 Å². The molecule has 2 rings (SSSR count). The number of thiophene rings is 1. The molecule has 1 atom stereocenters. The summed E-state index contributed by atoms with van der Waals surface area (Å²) in [6.45, 7) is 2.15. The average Bonchev–Trinajstić information content (AvgIpc) is 2.85. The summed E-state index contributed by atoms with van der Waals surface area (Å²) < 4.78 is 0. The molecule has 2 aromatic rings. The van der Waals surface area contributed by atoms with Crippen LogP contribution in [0, 0.1) is 6.92 Å². The molecular formula is C14H18N2S. The molecule has 0 saturated heterocycles. The van der Waals surface area contributed by atoms with Gasteiger partial charge in [-0.05, 0) is 55.5 Å². The molecule has 2 aromatic heterocycles. The molecule has 0 aliphatic rings. The predicted octanol–water partition coefficient (Wildman–Crippen LogP) is 3.34. The zero-order valence-corrected chi connectivity index (χ0v) is 11.1. The van der Waals surface area contributed by atoms with E-state index in [9.17, 15) is 0 Å². The van der Waals surface area contributed by atoms with Gasteiger partial charge in [0.25, 0.3) is 0 Å². The predicted molar refractivity (Wildman–Crippen MR) is 73.4 cm³/mol. The third kappa shape index (κ3) is 3.14. The zero-order chi connectivity index (χ0) is 12.1. The highest BCUT2D eigenvalue weighted by Crippen LogP contribution is 2.22. The Morgan fingerprint density at radius 1 is 1.41 bits per heavy atom. The Bertz CT molecular complexity index is 451. The van der Waals surface area contributed by atoms with Crippen LogP contribution in [0.2, 0.25) is 0 Å². The molecule has 2 heterocycles. The fourth-order valence-electron chi connectivity index (χ4n) is 2.04. The first kappa shape index (κ1) is 12.3. The van der Waals surface area contributed by atoms with Gasteiger partial charge in [-0.15, -0.1) is 11.3 Å². The van der Waals surface area contributed by atoms with E-state index in [1.165, 1.54) is 16.0 Å². The van der Waals surface area contributed by atoms with E-state index in [1.54, 1.807) is 0 Å². The quantitative estimate of drug-likeness (QED) is 0.875. The lowest BCUT2D eigenvalue weighted by molar-refractivity contribution is 0.547. The van der Waals surface area contributed by atoms with Crippen LogP contribution in [0.4, 0.5) is 0 Å². The maximum absolute atomic E-state index is 4.22. The molecule has 0 spiro atoms. The van der Waals surface area contributed by atoms with Crippen LogP contribution in [-0.4, -0.2) is 12.0 Å². The van der Waals surface area contributed by atoms with Gasteiger partial charge in [0.1, 0.15) is 0 Å². The van der Waals surface area contributed by atoms with Gasteiger partial charge in [-0.1, -0.05) is 6.07 Å². The van der Waals surface area contributed by atoms with Gasteiger partial charge < -0.3 is 5.32 Å². The third-order valence-corrected chi connectivity index (χ3v) is 4.00. The molecule has 1 unspecified atom stereocenters. The Hall–Kier alpha value is -1.19. The zero-order valence-electron chi connectivity index (χ0n) is 10.3. The van der Waals surface area contributed by atoms with Crippen LogP contribution in [-0.2, 0) is 6.42 Å². The Morgan fingerprint density at radius 2 is 2.29 bits per heavy atom. The number of aryl methyl sites for hydroxylation is 2. The number of nitrogens with zero attached hydrogens (tertiary/aromatic N) is 1. The topological polar surface area (TPSA) is 24.9 Å². The van der Waals surface area contributed by atoms with Crippen molar-refractivity contribution in [3.05, 3.63) is 52.0 Å². The summed E-state index contributed by atoms with van der Waals surface area (Å²) >= 11 is 1.83.